The average molecular weight is 311 g/mol. The normalized spacial score (nSPS) is 18.3. The number of hydrogen-bond donors (Lipinski definition) is 2. The van der Waals surface area contributed by atoms with E-state index in [-0.39, 0.29) is 10.4 Å². The highest BCUT2D eigenvalue weighted by Crippen LogP contribution is 2.33. The number of hydrogen-bond acceptors (Lipinski definition) is 4. The Morgan fingerprint density at radius 1 is 1.29 bits per heavy atom. The lowest BCUT2D eigenvalue weighted by atomic mass is 9.97. The van der Waals surface area contributed by atoms with Crippen molar-refractivity contribution >= 4 is 15.7 Å². The Morgan fingerprint density at radius 3 is 2.43 bits per heavy atom. The zero-order chi connectivity index (χ0) is 15.7. The Kier molecular flexibility index (Phi) is 4.60. The van der Waals surface area contributed by atoms with Gasteiger partial charge in [-0.05, 0) is 51.6 Å². The van der Waals surface area contributed by atoms with E-state index in [1.165, 1.54) is 6.07 Å². The Labute approximate surface area is 127 Å². The van der Waals surface area contributed by atoms with Crippen LogP contribution in [0.2, 0.25) is 0 Å². The highest BCUT2D eigenvalue weighted by atomic mass is 32.2. The molecule has 3 N–H and O–H groups in total. The third-order valence-electron chi connectivity index (χ3n) is 4.64. The predicted molar refractivity (Wildman–Crippen MR) is 85.7 cm³/mol. The van der Waals surface area contributed by atoms with Crippen molar-refractivity contribution in [1.82, 2.24) is 9.62 Å². The minimum Gasteiger partial charge on any atom is -0.398 e. The first-order chi connectivity index (χ1) is 9.77. The van der Waals surface area contributed by atoms with Crippen molar-refractivity contribution in [3.05, 3.63) is 23.8 Å². The summed E-state index contributed by atoms with van der Waals surface area (Å²) in [6.45, 7) is 2.30. The molecule has 0 saturated heterocycles. The van der Waals surface area contributed by atoms with Gasteiger partial charge in [0.1, 0.15) is 0 Å². The lowest BCUT2D eigenvalue weighted by molar-refractivity contribution is 0.162. The summed E-state index contributed by atoms with van der Waals surface area (Å²) in [4.78, 5) is 2.38. The summed E-state index contributed by atoms with van der Waals surface area (Å²) in [5.41, 5.74) is 7.13. The number of nitrogens with two attached hydrogens (primary N) is 1. The third-order valence-corrected chi connectivity index (χ3v) is 6.03. The molecule has 0 radical (unpaired) electrons. The van der Waals surface area contributed by atoms with Crippen LogP contribution in [0.4, 0.5) is 5.69 Å². The zero-order valence-electron chi connectivity index (χ0n) is 13.0. The molecule has 1 saturated carbocycles. The highest BCUT2D eigenvalue weighted by Gasteiger charge is 2.36. The summed E-state index contributed by atoms with van der Waals surface area (Å²) in [6.07, 6.45) is 4.35. The average Bonchev–Trinajstić information content (AvgIpc) is 2.90. The topological polar surface area (TPSA) is 75.4 Å². The second-order valence-corrected chi connectivity index (χ2v) is 7.94. The molecule has 1 fully saturated rings. The maximum absolute atomic E-state index is 12.4. The SMILES string of the molecule is Cc1ccc(S(=O)(=O)NCC2(N(C)C)CCCC2)cc1N. The maximum Gasteiger partial charge on any atom is 0.240 e. The van der Waals surface area contributed by atoms with E-state index in [9.17, 15) is 8.42 Å². The largest absolute Gasteiger partial charge is 0.398 e. The van der Waals surface area contributed by atoms with Crippen molar-refractivity contribution in [3.63, 3.8) is 0 Å². The van der Waals surface area contributed by atoms with Crippen molar-refractivity contribution in [2.75, 3.05) is 26.4 Å². The molecule has 1 aromatic carbocycles. The van der Waals surface area contributed by atoms with E-state index in [2.05, 4.69) is 9.62 Å². The standard InChI is InChI=1S/C15H25N3O2S/c1-12-6-7-13(10-14(12)16)21(19,20)17-11-15(18(2)3)8-4-5-9-15/h6-7,10,17H,4-5,8-9,11,16H2,1-3H3. The van der Waals surface area contributed by atoms with Crippen LogP contribution < -0.4 is 10.5 Å². The van der Waals surface area contributed by atoms with E-state index in [0.717, 1.165) is 31.2 Å². The fourth-order valence-corrected chi connectivity index (χ4v) is 4.07. The van der Waals surface area contributed by atoms with E-state index in [1.807, 2.05) is 21.0 Å². The Morgan fingerprint density at radius 2 is 1.90 bits per heavy atom. The quantitative estimate of drug-likeness (QED) is 0.812. The van der Waals surface area contributed by atoms with Gasteiger partial charge < -0.3 is 10.6 Å². The van der Waals surface area contributed by atoms with Gasteiger partial charge in [0.2, 0.25) is 10.0 Å². The molecule has 118 valence electrons. The molecule has 0 amide bonds. The smallest absolute Gasteiger partial charge is 0.240 e. The van der Waals surface area contributed by atoms with Gasteiger partial charge in [0.25, 0.3) is 0 Å². The molecule has 0 aliphatic heterocycles. The molecule has 0 unspecified atom stereocenters. The van der Waals surface area contributed by atoms with Crippen LogP contribution in [0.1, 0.15) is 31.2 Å². The number of anilines is 1. The lowest BCUT2D eigenvalue weighted by Crippen LogP contribution is -2.50. The van der Waals surface area contributed by atoms with Crippen molar-refractivity contribution in [3.8, 4) is 0 Å². The first-order valence-electron chi connectivity index (χ1n) is 7.30. The molecule has 6 heteroatoms. The molecule has 2 rings (SSSR count). The van der Waals surface area contributed by atoms with Gasteiger partial charge in [-0.2, -0.15) is 0 Å². The van der Waals surface area contributed by atoms with Crippen molar-refractivity contribution in [2.45, 2.75) is 43.0 Å². The van der Waals surface area contributed by atoms with Crippen molar-refractivity contribution in [1.29, 1.82) is 0 Å². The molecule has 0 spiro atoms. The molecular weight excluding hydrogens is 286 g/mol. The van der Waals surface area contributed by atoms with Crippen LogP contribution in [0.25, 0.3) is 0 Å². The van der Waals surface area contributed by atoms with Crippen molar-refractivity contribution < 1.29 is 8.42 Å². The maximum atomic E-state index is 12.4. The van der Waals surface area contributed by atoms with Crippen LogP contribution >= 0.6 is 0 Å². The van der Waals surface area contributed by atoms with E-state index in [4.69, 9.17) is 5.73 Å². The fraction of sp³-hybridized carbons (Fsp3) is 0.600. The first kappa shape index (κ1) is 16.3. The molecule has 1 aliphatic carbocycles. The monoisotopic (exact) mass is 311 g/mol. The van der Waals surface area contributed by atoms with Crippen LogP contribution in [-0.4, -0.2) is 39.5 Å². The minimum atomic E-state index is -3.52. The Balaban J connectivity index is 2.15. The van der Waals surface area contributed by atoms with Crippen LogP contribution in [0, 0.1) is 6.92 Å². The molecule has 0 aromatic heterocycles. The number of benzene rings is 1. The number of nitrogens with one attached hydrogen (secondary N) is 1. The zero-order valence-corrected chi connectivity index (χ0v) is 13.8. The number of nitrogen functional groups attached to an aromatic ring is 1. The molecule has 5 nitrogen and oxygen atoms in total. The van der Waals surface area contributed by atoms with Gasteiger partial charge in [-0.3, -0.25) is 0 Å². The fourth-order valence-electron chi connectivity index (χ4n) is 2.91. The summed E-state index contributed by atoms with van der Waals surface area (Å²) in [5, 5.41) is 0. The van der Waals surface area contributed by atoms with Gasteiger partial charge in [-0.25, -0.2) is 13.1 Å². The lowest BCUT2D eigenvalue weighted by Gasteiger charge is -2.36. The number of sulfonamides is 1. The van der Waals surface area contributed by atoms with Gasteiger partial charge in [-0.15, -0.1) is 0 Å². The van der Waals surface area contributed by atoms with E-state index in [1.54, 1.807) is 12.1 Å². The number of aryl methyl sites for hydroxylation is 1. The second kappa shape index (κ2) is 5.94. The number of rotatable bonds is 5. The van der Waals surface area contributed by atoms with Crippen LogP contribution in [0.3, 0.4) is 0 Å². The van der Waals surface area contributed by atoms with Crippen molar-refractivity contribution in [2.24, 2.45) is 0 Å². The molecular formula is C15H25N3O2S. The van der Waals surface area contributed by atoms with Crippen LogP contribution in [-0.2, 0) is 10.0 Å². The summed E-state index contributed by atoms with van der Waals surface area (Å²) in [5.74, 6) is 0. The Bertz CT molecular complexity index is 605. The van der Waals surface area contributed by atoms with Gasteiger partial charge >= 0.3 is 0 Å². The molecule has 21 heavy (non-hydrogen) atoms. The molecule has 0 bridgehead atoms. The third kappa shape index (κ3) is 3.39. The van der Waals surface area contributed by atoms with E-state index < -0.39 is 10.0 Å². The summed E-state index contributed by atoms with van der Waals surface area (Å²) < 4.78 is 27.6. The van der Waals surface area contributed by atoms with Gasteiger partial charge in [0.15, 0.2) is 0 Å². The van der Waals surface area contributed by atoms with Gasteiger partial charge in [-0.1, -0.05) is 18.9 Å². The molecule has 0 heterocycles. The summed E-state index contributed by atoms with van der Waals surface area (Å²) >= 11 is 0. The summed E-state index contributed by atoms with van der Waals surface area (Å²) in [6, 6.07) is 4.86. The van der Waals surface area contributed by atoms with Gasteiger partial charge in [0, 0.05) is 17.8 Å². The number of nitrogens with zero attached hydrogens (tertiary/aromatic N) is 1. The van der Waals surface area contributed by atoms with Gasteiger partial charge in [0.05, 0.1) is 4.90 Å². The first-order valence-corrected chi connectivity index (χ1v) is 8.78. The molecule has 1 aliphatic rings. The highest BCUT2D eigenvalue weighted by molar-refractivity contribution is 7.89. The van der Waals surface area contributed by atoms with Crippen LogP contribution in [0.5, 0.6) is 0 Å². The number of likely N-dealkylation sites (N-methyl/N-ethyl adjacent to an activating group) is 1. The van der Waals surface area contributed by atoms with E-state index in [0.29, 0.717) is 12.2 Å². The van der Waals surface area contributed by atoms with Crippen LogP contribution in [0.15, 0.2) is 23.1 Å². The minimum absolute atomic E-state index is 0.0662. The molecule has 0 atom stereocenters. The second-order valence-electron chi connectivity index (χ2n) is 6.17. The predicted octanol–water partition coefficient (Wildman–Crippen LogP) is 1.73. The Hall–Kier alpha value is -1.11. The van der Waals surface area contributed by atoms with E-state index >= 15 is 0 Å². The molecule has 1 aromatic rings. The summed E-state index contributed by atoms with van der Waals surface area (Å²) in [7, 11) is 0.519.